The first-order valence-corrected chi connectivity index (χ1v) is 12.0. The molecule has 35 heavy (non-hydrogen) atoms. The Labute approximate surface area is 207 Å². The Balaban J connectivity index is 1.31. The van der Waals surface area contributed by atoms with E-state index in [4.69, 9.17) is 0 Å². The van der Waals surface area contributed by atoms with Crippen LogP contribution in [-0.2, 0) is 10.2 Å². The predicted molar refractivity (Wildman–Crippen MR) is 138 cm³/mol. The Bertz CT molecular complexity index is 1180. The van der Waals surface area contributed by atoms with Crippen LogP contribution in [0.3, 0.4) is 0 Å². The van der Waals surface area contributed by atoms with Crippen LogP contribution in [0.4, 0.5) is 5.82 Å². The fraction of sp³-hybridized carbons (Fsp3) is 0.357. The van der Waals surface area contributed by atoms with Gasteiger partial charge in [-0.25, -0.2) is 9.97 Å². The third-order valence-corrected chi connectivity index (χ3v) is 6.26. The van der Waals surface area contributed by atoms with E-state index in [1.165, 1.54) is 0 Å². The Morgan fingerprint density at radius 1 is 0.914 bits per heavy atom. The quantitative estimate of drug-likeness (QED) is 0.612. The summed E-state index contributed by atoms with van der Waals surface area (Å²) < 4.78 is 0. The average Bonchev–Trinajstić information content (AvgIpc) is 2.87. The monoisotopic (exact) mass is 471 g/mol. The van der Waals surface area contributed by atoms with E-state index < -0.39 is 0 Å². The summed E-state index contributed by atoms with van der Waals surface area (Å²) in [7, 11) is 0. The van der Waals surface area contributed by atoms with Gasteiger partial charge in [-0.3, -0.25) is 9.59 Å². The SMILES string of the molecule is Cc1nc(-c2ccccc2)cc(N2CCN(C(=O)CNC(=O)c3ccc(C(C)(C)C)cc3)CC2)n1. The van der Waals surface area contributed by atoms with E-state index in [0.717, 1.165) is 28.5 Å². The number of carbonyl (C=O) groups is 2. The molecule has 1 fully saturated rings. The number of hydrogen-bond donors (Lipinski definition) is 1. The van der Waals surface area contributed by atoms with Gasteiger partial charge < -0.3 is 15.1 Å². The van der Waals surface area contributed by atoms with Gasteiger partial charge >= 0.3 is 0 Å². The fourth-order valence-electron chi connectivity index (χ4n) is 4.15. The molecular formula is C28H33N5O2. The van der Waals surface area contributed by atoms with Crippen molar-refractivity contribution < 1.29 is 9.59 Å². The molecule has 1 aromatic heterocycles. The highest BCUT2D eigenvalue weighted by Crippen LogP contribution is 2.23. The molecule has 0 atom stereocenters. The van der Waals surface area contributed by atoms with Gasteiger partial charge in [-0.15, -0.1) is 0 Å². The van der Waals surface area contributed by atoms with Crippen molar-refractivity contribution in [2.45, 2.75) is 33.1 Å². The second kappa shape index (κ2) is 10.3. The second-order valence-corrected chi connectivity index (χ2v) is 9.90. The molecule has 182 valence electrons. The Kier molecular flexibility index (Phi) is 7.15. The van der Waals surface area contributed by atoms with Crippen LogP contribution >= 0.6 is 0 Å². The van der Waals surface area contributed by atoms with Crippen LogP contribution in [0.25, 0.3) is 11.3 Å². The Hall–Kier alpha value is -3.74. The summed E-state index contributed by atoms with van der Waals surface area (Å²) >= 11 is 0. The summed E-state index contributed by atoms with van der Waals surface area (Å²) in [6.07, 6.45) is 0. The largest absolute Gasteiger partial charge is 0.353 e. The lowest BCUT2D eigenvalue weighted by atomic mass is 9.87. The van der Waals surface area contributed by atoms with Crippen LogP contribution in [-0.4, -0.2) is 59.4 Å². The molecule has 0 saturated carbocycles. The highest BCUT2D eigenvalue weighted by molar-refractivity contribution is 5.96. The van der Waals surface area contributed by atoms with E-state index in [9.17, 15) is 9.59 Å². The molecule has 0 aliphatic carbocycles. The minimum atomic E-state index is -0.234. The van der Waals surface area contributed by atoms with Crippen molar-refractivity contribution in [3.8, 4) is 11.3 Å². The molecule has 1 N–H and O–H groups in total. The number of aromatic nitrogens is 2. The lowest BCUT2D eigenvalue weighted by Crippen LogP contribution is -2.51. The lowest BCUT2D eigenvalue weighted by Gasteiger charge is -2.35. The normalized spacial score (nSPS) is 14.1. The zero-order valence-electron chi connectivity index (χ0n) is 20.9. The number of nitrogens with one attached hydrogen (secondary N) is 1. The molecule has 1 aliphatic rings. The average molecular weight is 472 g/mol. The van der Waals surface area contributed by atoms with Crippen molar-refractivity contribution in [1.82, 2.24) is 20.2 Å². The van der Waals surface area contributed by atoms with Gasteiger partial charge in [0.15, 0.2) is 0 Å². The first kappa shape index (κ1) is 24.4. The van der Waals surface area contributed by atoms with E-state index in [1.807, 2.05) is 67.6 Å². The van der Waals surface area contributed by atoms with Crippen molar-refractivity contribution in [3.63, 3.8) is 0 Å². The summed E-state index contributed by atoms with van der Waals surface area (Å²) in [4.78, 5) is 38.4. The number of piperazine rings is 1. The number of aryl methyl sites for hydroxylation is 1. The maximum Gasteiger partial charge on any atom is 0.251 e. The van der Waals surface area contributed by atoms with E-state index in [2.05, 4.69) is 41.0 Å². The van der Waals surface area contributed by atoms with Gasteiger partial charge in [0.1, 0.15) is 11.6 Å². The zero-order valence-corrected chi connectivity index (χ0v) is 20.9. The molecule has 7 nitrogen and oxygen atoms in total. The molecule has 7 heteroatoms. The van der Waals surface area contributed by atoms with Gasteiger partial charge in [-0.05, 0) is 30.0 Å². The zero-order chi connectivity index (χ0) is 25.0. The van der Waals surface area contributed by atoms with Gasteiger partial charge in [0.05, 0.1) is 12.2 Å². The maximum absolute atomic E-state index is 12.7. The third kappa shape index (κ3) is 6.04. The summed E-state index contributed by atoms with van der Waals surface area (Å²) in [6, 6.07) is 19.6. The Morgan fingerprint density at radius 3 is 2.20 bits per heavy atom. The second-order valence-electron chi connectivity index (χ2n) is 9.90. The van der Waals surface area contributed by atoms with Crippen molar-refractivity contribution >= 4 is 17.6 Å². The standard InChI is InChI=1S/C28H33N5O2/c1-20-30-24(21-8-6-5-7-9-21)18-25(31-20)32-14-16-33(17-15-32)26(34)19-29-27(35)22-10-12-23(13-11-22)28(2,3)4/h5-13,18H,14-17,19H2,1-4H3,(H,29,35). The summed E-state index contributed by atoms with van der Waals surface area (Å²) in [5.74, 6) is 1.28. The molecule has 3 aromatic rings. The molecule has 2 heterocycles. The smallest absolute Gasteiger partial charge is 0.251 e. The fourth-order valence-corrected chi connectivity index (χ4v) is 4.15. The number of hydrogen-bond acceptors (Lipinski definition) is 5. The number of benzene rings is 2. The van der Waals surface area contributed by atoms with Crippen molar-refractivity contribution in [2.75, 3.05) is 37.6 Å². The van der Waals surface area contributed by atoms with Crippen LogP contribution in [0.5, 0.6) is 0 Å². The van der Waals surface area contributed by atoms with Crippen molar-refractivity contribution in [3.05, 3.63) is 77.6 Å². The van der Waals surface area contributed by atoms with Crippen LogP contribution in [0.1, 0.15) is 42.5 Å². The van der Waals surface area contributed by atoms with Crippen LogP contribution in [0, 0.1) is 6.92 Å². The topological polar surface area (TPSA) is 78.4 Å². The van der Waals surface area contributed by atoms with Crippen LogP contribution < -0.4 is 10.2 Å². The van der Waals surface area contributed by atoms with E-state index in [0.29, 0.717) is 31.7 Å². The molecule has 0 bridgehead atoms. The molecule has 2 aromatic carbocycles. The number of amides is 2. The summed E-state index contributed by atoms with van der Waals surface area (Å²) in [5, 5.41) is 2.77. The van der Waals surface area contributed by atoms with Crippen LogP contribution in [0.2, 0.25) is 0 Å². The molecule has 0 spiro atoms. The van der Waals surface area contributed by atoms with Gasteiger partial charge in [0.25, 0.3) is 5.91 Å². The van der Waals surface area contributed by atoms with Gasteiger partial charge in [0.2, 0.25) is 5.91 Å². The molecule has 0 unspecified atom stereocenters. The first-order chi connectivity index (χ1) is 16.7. The van der Waals surface area contributed by atoms with Gasteiger partial charge in [-0.2, -0.15) is 0 Å². The molecular weight excluding hydrogens is 438 g/mol. The van der Waals surface area contributed by atoms with Crippen LogP contribution in [0.15, 0.2) is 60.7 Å². The van der Waals surface area contributed by atoms with Gasteiger partial charge in [-0.1, -0.05) is 63.2 Å². The number of anilines is 1. The summed E-state index contributed by atoms with van der Waals surface area (Å²) in [5.41, 5.74) is 3.70. The summed E-state index contributed by atoms with van der Waals surface area (Å²) in [6.45, 7) is 10.8. The van der Waals surface area contributed by atoms with Gasteiger partial charge in [0, 0.05) is 43.4 Å². The minimum absolute atomic E-state index is 0.00930. The van der Waals surface area contributed by atoms with Crippen molar-refractivity contribution in [1.29, 1.82) is 0 Å². The number of carbonyl (C=O) groups excluding carboxylic acids is 2. The molecule has 1 saturated heterocycles. The highest BCUT2D eigenvalue weighted by atomic mass is 16.2. The number of rotatable bonds is 5. The molecule has 1 aliphatic heterocycles. The molecule has 2 amide bonds. The lowest BCUT2D eigenvalue weighted by molar-refractivity contribution is -0.130. The highest BCUT2D eigenvalue weighted by Gasteiger charge is 2.23. The maximum atomic E-state index is 12.7. The minimum Gasteiger partial charge on any atom is -0.353 e. The molecule has 4 rings (SSSR count). The Morgan fingerprint density at radius 2 is 1.57 bits per heavy atom. The van der Waals surface area contributed by atoms with E-state index >= 15 is 0 Å². The predicted octanol–water partition coefficient (Wildman–Crippen LogP) is 3.83. The number of nitrogens with zero attached hydrogens (tertiary/aromatic N) is 4. The molecule has 0 radical (unpaired) electrons. The van der Waals surface area contributed by atoms with E-state index in [-0.39, 0.29) is 23.8 Å². The third-order valence-electron chi connectivity index (χ3n) is 6.26. The van der Waals surface area contributed by atoms with E-state index in [1.54, 1.807) is 4.90 Å². The van der Waals surface area contributed by atoms with Crippen molar-refractivity contribution in [2.24, 2.45) is 0 Å². The first-order valence-electron chi connectivity index (χ1n) is 12.0.